The van der Waals surface area contributed by atoms with Crippen LogP contribution in [0.1, 0.15) is 5.56 Å². The lowest BCUT2D eigenvalue weighted by atomic mass is 10.2. The van der Waals surface area contributed by atoms with Gasteiger partial charge in [0.05, 0.1) is 10.4 Å². The minimum atomic E-state index is 0.801. The van der Waals surface area contributed by atoms with Crippen LogP contribution in [-0.2, 0) is 6.54 Å². The fraction of sp³-hybridized carbons (Fsp3) is 0.0625. The fourth-order valence-corrected chi connectivity index (χ4v) is 2.42. The zero-order chi connectivity index (χ0) is 12.4. The molecule has 1 aromatic heterocycles. The van der Waals surface area contributed by atoms with Gasteiger partial charge in [-0.2, -0.15) is 4.57 Å². The highest BCUT2D eigenvalue weighted by atomic mass is 35.5. The van der Waals surface area contributed by atoms with Gasteiger partial charge >= 0.3 is 0 Å². The summed E-state index contributed by atoms with van der Waals surface area (Å²) in [6.07, 6.45) is 2.09. The second kappa shape index (κ2) is 4.79. The monoisotopic (exact) mass is 254 g/mol. The van der Waals surface area contributed by atoms with Crippen molar-refractivity contribution in [1.82, 2.24) is 0 Å². The smallest absolute Gasteiger partial charge is 0.194 e. The number of hydrogen-bond donors (Lipinski definition) is 0. The minimum Gasteiger partial charge on any atom is -0.194 e. The Morgan fingerprint density at radius 2 is 1.67 bits per heavy atom. The van der Waals surface area contributed by atoms with Crippen molar-refractivity contribution in [3.8, 4) is 0 Å². The predicted molar refractivity (Wildman–Crippen MR) is 74.7 cm³/mol. The molecule has 2 heteroatoms. The van der Waals surface area contributed by atoms with E-state index in [0.717, 1.165) is 22.5 Å². The quantitative estimate of drug-likeness (QED) is 0.612. The molecule has 1 heterocycles. The molecule has 0 atom stereocenters. The molecule has 0 amide bonds. The molecule has 0 aliphatic rings. The fourth-order valence-electron chi connectivity index (χ4n) is 2.18. The van der Waals surface area contributed by atoms with Crippen LogP contribution in [0.4, 0.5) is 0 Å². The van der Waals surface area contributed by atoms with Crippen LogP contribution >= 0.6 is 11.6 Å². The molecule has 0 saturated heterocycles. The number of benzene rings is 2. The van der Waals surface area contributed by atoms with Gasteiger partial charge in [0.2, 0.25) is 5.52 Å². The van der Waals surface area contributed by atoms with Gasteiger partial charge in [0.15, 0.2) is 12.7 Å². The van der Waals surface area contributed by atoms with Crippen molar-refractivity contribution in [2.24, 2.45) is 0 Å². The van der Waals surface area contributed by atoms with Crippen LogP contribution in [-0.4, -0.2) is 0 Å². The second-order valence-corrected chi connectivity index (χ2v) is 4.70. The van der Waals surface area contributed by atoms with Crippen molar-refractivity contribution in [3.63, 3.8) is 0 Å². The summed E-state index contributed by atoms with van der Waals surface area (Å²) in [5, 5.41) is 1.90. The Bertz CT molecular complexity index is 677. The van der Waals surface area contributed by atoms with Crippen molar-refractivity contribution >= 4 is 22.5 Å². The molecule has 0 aliphatic heterocycles. The van der Waals surface area contributed by atoms with E-state index in [1.165, 1.54) is 5.56 Å². The summed E-state index contributed by atoms with van der Waals surface area (Å²) in [4.78, 5) is 0. The molecule has 0 N–H and O–H groups in total. The van der Waals surface area contributed by atoms with E-state index in [9.17, 15) is 0 Å². The summed E-state index contributed by atoms with van der Waals surface area (Å²) in [7, 11) is 0. The van der Waals surface area contributed by atoms with Crippen molar-refractivity contribution in [2.45, 2.75) is 6.54 Å². The number of rotatable bonds is 2. The average Bonchev–Trinajstić information content (AvgIpc) is 2.41. The maximum absolute atomic E-state index is 6.22. The van der Waals surface area contributed by atoms with Gasteiger partial charge in [0.1, 0.15) is 0 Å². The molecule has 1 nitrogen and oxygen atoms in total. The Morgan fingerprint density at radius 3 is 2.50 bits per heavy atom. The number of halogens is 1. The number of hydrogen-bond acceptors (Lipinski definition) is 0. The average molecular weight is 255 g/mol. The Hall–Kier alpha value is -1.86. The van der Waals surface area contributed by atoms with Crippen LogP contribution in [0.15, 0.2) is 66.9 Å². The molecular formula is C16H13ClN+. The first kappa shape index (κ1) is 11.2. The highest BCUT2D eigenvalue weighted by molar-refractivity contribution is 6.35. The molecular weight excluding hydrogens is 242 g/mol. The standard InChI is InChI=1S/C16H13ClN/c17-15-9-4-10-16-14(15)8-5-11-18(16)12-13-6-2-1-3-7-13/h1-11H,12H2/q+1. The molecule has 0 bridgehead atoms. The van der Waals surface area contributed by atoms with Crippen LogP contribution in [0.3, 0.4) is 0 Å². The summed E-state index contributed by atoms with van der Waals surface area (Å²) < 4.78 is 2.22. The van der Waals surface area contributed by atoms with E-state index in [1.807, 2.05) is 24.3 Å². The third-order valence-electron chi connectivity index (χ3n) is 3.06. The van der Waals surface area contributed by atoms with Crippen molar-refractivity contribution in [2.75, 3.05) is 0 Å². The van der Waals surface area contributed by atoms with Gasteiger partial charge in [0, 0.05) is 17.7 Å². The summed E-state index contributed by atoms with van der Waals surface area (Å²) in [6.45, 7) is 0.860. The molecule has 18 heavy (non-hydrogen) atoms. The van der Waals surface area contributed by atoms with Crippen molar-refractivity contribution < 1.29 is 4.57 Å². The zero-order valence-electron chi connectivity index (χ0n) is 9.88. The van der Waals surface area contributed by atoms with Crippen LogP contribution in [0.2, 0.25) is 5.02 Å². The molecule has 88 valence electrons. The maximum Gasteiger partial charge on any atom is 0.214 e. The third kappa shape index (κ3) is 2.09. The molecule has 3 rings (SSSR count). The highest BCUT2D eigenvalue weighted by Gasteiger charge is 2.10. The lowest BCUT2D eigenvalue weighted by Crippen LogP contribution is -2.34. The first-order valence-electron chi connectivity index (χ1n) is 5.95. The van der Waals surface area contributed by atoms with Gasteiger partial charge < -0.3 is 0 Å². The van der Waals surface area contributed by atoms with E-state index in [-0.39, 0.29) is 0 Å². The molecule has 0 radical (unpaired) electrons. The summed E-state index contributed by atoms with van der Waals surface area (Å²) in [6, 6.07) is 20.5. The SMILES string of the molecule is Clc1cccc2c1ccc[n+]2Cc1ccccc1. The van der Waals surface area contributed by atoms with Gasteiger partial charge in [-0.25, -0.2) is 0 Å². The second-order valence-electron chi connectivity index (χ2n) is 4.29. The topological polar surface area (TPSA) is 3.88 Å². The minimum absolute atomic E-state index is 0.801. The van der Waals surface area contributed by atoms with Gasteiger partial charge in [-0.3, -0.25) is 0 Å². The van der Waals surface area contributed by atoms with Crippen LogP contribution in [0.5, 0.6) is 0 Å². The van der Waals surface area contributed by atoms with E-state index in [2.05, 4.69) is 47.2 Å². The molecule has 0 unspecified atom stereocenters. The van der Waals surface area contributed by atoms with E-state index in [0.29, 0.717) is 0 Å². The van der Waals surface area contributed by atoms with E-state index < -0.39 is 0 Å². The molecule has 0 aliphatic carbocycles. The lowest BCUT2D eigenvalue weighted by molar-refractivity contribution is -0.662. The molecule has 2 aromatic carbocycles. The Labute approximate surface area is 111 Å². The zero-order valence-corrected chi connectivity index (χ0v) is 10.6. The first-order chi connectivity index (χ1) is 8.84. The van der Waals surface area contributed by atoms with Crippen LogP contribution in [0.25, 0.3) is 10.9 Å². The number of fused-ring (bicyclic) bond motifs is 1. The molecule has 0 fully saturated rings. The molecule has 0 spiro atoms. The lowest BCUT2D eigenvalue weighted by Gasteiger charge is -2.02. The summed E-state index contributed by atoms with van der Waals surface area (Å²) in [5.41, 5.74) is 2.45. The normalized spacial score (nSPS) is 10.7. The van der Waals surface area contributed by atoms with Gasteiger partial charge in [0.25, 0.3) is 0 Å². The number of aromatic nitrogens is 1. The van der Waals surface area contributed by atoms with E-state index in [4.69, 9.17) is 11.6 Å². The van der Waals surface area contributed by atoms with Crippen molar-refractivity contribution in [3.05, 3.63) is 77.4 Å². The van der Waals surface area contributed by atoms with E-state index >= 15 is 0 Å². The largest absolute Gasteiger partial charge is 0.214 e. The molecule has 0 saturated carbocycles. The summed E-state index contributed by atoms with van der Waals surface area (Å²) in [5.74, 6) is 0. The number of nitrogens with zero attached hydrogens (tertiary/aromatic N) is 1. The van der Waals surface area contributed by atoms with Gasteiger partial charge in [-0.1, -0.05) is 48.0 Å². The summed E-state index contributed by atoms with van der Waals surface area (Å²) >= 11 is 6.22. The maximum atomic E-state index is 6.22. The van der Waals surface area contributed by atoms with Gasteiger partial charge in [-0.15, -0.1) is 0 Å². The Kier molecular flexibility index (Phi) is 2.99. The molecule has 3 aromatic rings. The van der Waals surface area contributed by atoms with Crippen LogP contribution < -0.4 is 4.57 Å². The van der Waals surface area contributed by atoms with Gasteiger partial charge in [-0.05, 0) is 12.1 Å². The first-order valence-corrected chi connectivity index (χ1v) is 6.33. The van der Waals surface area contributed by atoms with Crippen molar-refractivity contribution in [1.29, 1.82) is 0 Å². The third-order valence-corrected chi connectivity index (χ3v) is 3.39. The van der Waals surface area contributed by atoms with E-state index in [1.54, 1.807) is 0 Å². The Morgan fingerprint density at radius 1 is 0.833 bits per heavy atom. The van der Waals surface area contributed by atoms with Crippen LogP contribution in [0, 0.1) is 0 Å². The Balaban J connectivity index is 2.10. The predicted octanol–water partition coefficient (Wildman–Crippen LogP) is 3.83. The number of pyridine rings is 1. The highest BCUT2D eigenvalue weighted by Crippen LogP contribution is 2.20.